The number of nitro benzene ring substituents is 1. The number of ether oxygens (including phenoxy) is 4. The largest absolute Gasteiger partial charge is 0.493 e. The SMILES string of the molecule is CC1=NC(C)=C(C(=O)OC(C)C)C(c2cc([N+](=O)[O-])ccc2OCCCCNCC(O)COc2ccccc2)C1C(=O)OC(C)C. The first-order valence-corrected chi connectivity index (χ1v) is 15.5. The van der Waals surface area contributed by atoms with Crippen molar-refractivity contribution in [3.05, 3.63) is 75.5 Å². The summed E-state index contributed by atoms with van der Waals surface area (Å²) >= 11 is 0. The predicted octanol–water partition coefficient (Wildman–Crippen LogP) is 5.13. The highest BCUT2D eigenvalue weighted by atomic mass is 16.6. The molecule has 2 aromatic carbocycles. The third-order valence-corrected chi connectivity index (χ3v) is 7.11. The molecule has 1 aliphatic rings. The number of aliphatic hydroxyl groups excluding tert-OH is 1. The molecule has 0 amide bonds. The maximum absolute atomic E-state index is 13.5. The second-order valence-corrected chi connectivity index (χ2v) is 11.7. The summed E-state index contributed by atoms with van der Waals surface area (Å²) in [5.41, 5.74) is 0.959. The van der Waals surface area contributed by atoms with E-state index in [0.717, 1.165) is 6.42 Å². The van der Waals surface area contributed by atoms with E-state index >= 15 is 0 Å². The number of benzene rings is 2. The number of aliphatic hydroxyl groups is 1. The lowest BCUT2D eigenvalue weighted by molar-refractivity contribution is -0.385. The third-order valence-electron chi connectivity index (χ3n) is 7.11. The first-order valence-electron chi connectivity index (χ1n) is 15.5. The number of nitrogens with zero attached hydrogens (tertiary/aromatic N) is 2. The van der Waals surface area contributed by atoms with Crippen molar-refractivity contribution in [2.45, 2.75) is 78.6 Å². The Balaban J connectivity index is 1.76. The van der Waals surface area contributed by atoms with Gasteiger partial charge in [0, 0.05) is 41.6 Å². The van der Waals surface area contributed by atoms with Gasteiger partial charge in [-0.1, -0.05) is 18.2 Å². The molecule has 3 unspecified atom stereocenters. The van der Waals surface area contributed by atoms with E-state index in [-0.39, 0.29) is 24.5 Å². The molecule has 3 atom stereocenters. The van der Waals surface area contributed by atoms with Gasteiger partial charge >= 0.3 is 11.9 Å². The third kappa shape index (κ3) is 10.4. The zero-order valence-electron chi connectivity index (χ0n) is 27.4. The molecule has 1 heterocycles. The van der Waals surface area contributed by atoms with Crippen LogP contribution in [-0.4, -0.2) is 72.3 Å². The van der Waals surface area contributed by atoms with Gasteiger partial charge in [-0.3, -0.25) is 19.9 Å². The van der Waals surface area contributed by atoms with Gasteiger partial charge in [-0.25, -0.2) is 4.79 Å². The van der Waals surface area contributed by atoms with E-state index in [2.05, 4.69) is 10.3 Å². The van der Waals surface area contributed by atoms with Crippen LogP contribution >= 0.6 is 0 Å². The number of carbonyl (C=O) groups excluding carboxylic acids is 2. The molecule has 250 valence electrons. The molecule has 3 rings (SSSR count). The van der Waals surface area contributed by atoms with Crippen molar-refractivity contribution in [3.63, 3.8) is 0 Å². The topological polar surface area (TPSA) is 159 Å². The molecule has 0 radical (unpaired) electrons. The normalized spacial score (nSPS) is 17.0. The zero-order chi connectivity index (χ0) is 33.8. The minimum atomic E-state index is -1.04. The molecule has 0 fully saturated rings. The summed E-state index contributed by atoms with van der Waals surface area (Å²) in [6, 6.07) is 13.4. The van der Waals surface area contributed by atoms with Gasteiger partial charge in [-0.05, 0) is 79.1 Å². The fourth-order valence-corrected chi connectivity index (χ4v) is 5.12. The molecule has 2 aromatic rings. The number of carbonyl (C=O) groups is 2. The molecule has 0 spiro atoms. The van der Waals surface area contributed by atoms with E-state index in [1.54, 1.807) is 41.5 Å². The Morgan fingerprint density at radius 2 is 1.70 bits per heavy atom. The van der Waals surface area contributed by atoms with Gasteiger partial charge in [0.15, 0.2) is 0 Å². The Labute approximate surface area is 269 Å². The van der Waals surface area contributed by atoms with E-state index in [0.29, 0.717) is 48.0 Å². The lowest BCUT2D eigenvalue weighted by Gasteiger charge is -2.33. The second-order valence-electron chi connectivity index (χ2n) is 11.7. The van der Waals surface area contributed by atoms with Gasteiger partial charge in [0.1, 0.15) is 30.1 Å². The molecule has 12 heteroatoms. The van der Waals surface area contributed by atoms with E-state index in [9.17, 15) is 24.8 Å². The summed E-state index contributed by atoms with van der Waals surface area (Å²) in [4.78, 5) is 42.7. The first-order chi connectivity index (χ1) is 21.9. The number of rotatable bonds is 17. The Morgan fingerprint density at radius 3 is 2.35 bits per heavy atom. The lowest BCUT2D eigenvalue weighted by Crippen LogP contribution is -2.38. The molecule has 46 heavy (non-hydrogen) atoms. The summed E-state index contributed by atoms with van der Waals surface area (Å²) in [7, 11) is 0. The van der Waals surface area contributed by atoms with Crippen LogP contribution in [0.4, 0.5) is 5.69 Å². The van der Waals surface area contributed by atoms with Crippen molar-refractivity contribution in [1.82, 2.24) is 5.32 Å². The number of aliphatic imine (C=N–C) groups is 1. The molecule has 2 N–H and O–H groups in total. The summed E-state index contributed by atoms with van der Waals surface area (Å²) < 4.78 is 22.8. The van der Waals surface area contributed by atoms with Gasteiger partial charge in [0.05, 0.1) is 29.3 Å². The van der Waals surface area contributed by atoms with Crippen LogP contribution in [0.15, 0.2) is 64.8 Å². The molecule has 0 saturated carbocycles. The highest BCUT2D eigenvalue weighted by Gasteiger charge is 2.44. The Kier molecular flexibility index (Phi) is 13.7. The number of nitrogens with one attached hydrogen (secondary N) is 1. The van der Waals surface area contributed by atoms with Crippen molar-refractivity contribution < 1.29 is 38.6 Å². The number of para-hydroxylation sites is 1. The number of unbranched alkanes of at least 4 members (excludes halogenated alkanes) is 1. The summed E-state index contributed by atoms with van der Waals surface area (Å²) in [6.07, 6.45) is -0.219. The molecule has 0 saturated heterocycles. The minimum absolute atomic E-state index is 0.120. The Bertz CT molecular complexity index is 1410. The number of allylic oxidation sites excluding steroid dienone is 1. The average molecular weight is 640 g/mol. The number of esters is 2. The number of hydrogen-bond acceptors (Lipinski definition) is 11. The van der Waals surface area contributed by atoms with E-state index < -0.39 is 47.0 Å². The van der Waals surface area contributed by atoms with Crippen LogP contribution in [0.3, 0.4) is 0 Å². The van der Waals surface area contributed by atoms with Crippen LogP contribution in [0.25, 0.3) is 0 Å². The average Bonchev–Trinajstić information content (AvgIpc) is 2.98. The Morgan fingerprint density at radius 1 is 1.00 bits per heavy atom. The molecule has 0 bridgehead atoms. The maximum Gasteiger partial charge on any atom is 0.336 e. The quantitative estimate of drug-likeness (QED) is 0.103. The van der Waals surface area contributed by atoms with Crippen molar-refractivity contribution in [1.29, 1.82) is 0 Å². The molecule has 0 aromatic heterocycles. The maximum atomic E-state index is 13.5. The summed E-state index contributed by atoms with van der Waals surface area (Å²) in [5.74, 6) is -2.31. The highest BCUT2D eigenvalue weighted by molar-refractivity contribution is 6.07. The first kappa shape index (κ1) is 36.2. The summed E-state index contributed by atoms with van der Waals surface area (Å²) in [6.45, 7) is 11.6. The van der Waals surface area contributed by atoms with Crippen LogP contribution < -0.4 is 14.8 Å². The molecule has 0 aliphatic carbocycles. The van der Waals surface area contributed by atoms with E-state index in [4.69, 9.17) is 18.9 Å². The second kappa shape index (κ2) is 17.4. The minimum Gasteiger partial charge on any atom is -0.493 e. The van der Waals surface area contributed by atoms with Gasteiger partial charge in [-0.15, -0.1) is 0 Å². The highest BCUT2D eigenvalue weighted by Crippen LogP contribution is 2.45. The predicted molar refractivity (Wildman–Crippen MR) is 173 cm³/mol. The van der Waals surface area contributed by atoms with Gasteiger partial charge in [0.2, 0.25) is 0 Å². The van der Waals surface area contributed by atoms with Gasteiger partial charge in [0.25, 0.3) is 5.69 Å². The lowest BCUT2D eigenvalue weighted by atomic mass is 9.75. The fraction of sp³-hybridized carbons (Fsp3) is 0.500. The summed E-state index contributed by atoms with van der Waals surface area (Å²) in [5, 5.41) is 25.2. The van der Waals surface area contributed by atoms with Crippen molar-refractivity contribution in [3.8, 4) is 11.5 Å². The molecular formula is C34H45N3O9. The van der Waals surface area contributed by atoms with Crippen LogP contribution in [0.2, 0.25) is 0 Å². The van der Waals surface area contributed by atoms with Crippen molar-refractivity contribution in [2.24, 2.45) is 10.9 Å². The van der Waals surface area contributed by atoms with Crippen LogP contribution in [0.5, 0.6) is 11.5 Å². The van der Waals surface area contributed by atoms with Crippen LogP contribution in [-0.2, 0) is 19.1 Å². The fourth-order valence-electron chi connectivity index (χ4n) is 5.12. The van der Waals surface area contributed by atoms with Gasteiger partial charge < -0.3 is 29.4 Å². The van der Waals surface area contributed by atoms with Crippen LogP contribution in [0, 0.1) is 16.0 Å². The van der Waals surface area contributed by atoms with Crippen molar-refractivity contribution in [2.75, 3.05) is 26.3 Å². The van der Waals surface area contributed by atoms with Gasteiger partial charge in [-0.2, -0.15) is 0 Å². The zero-order valence-corrected chi connectivity index (χ0v) is 27.4. The smallest absolute Gasteiger partial charge is 0.336 e. The standard InChI is InChI=1S/C34H45N3O9/c1-21(2)45-33(39)30-23(5)36-24(6)31(34(40)46-22(3)4)32(30)28-18-25(37(41)42)14-15-29(28)43-17-11-10-16-35-19-26(38)20-44-27-12-8-7-9-13-27/h7-9,12-15,18,21-22,26,30,32,35,38H,10-11,16-17,19-20H2,1-6H3. The van der Waals surface area contributed by atoms with Crippen LogP contribution in [0.1, 0.15) is 65.9 Å². The number of non-ortho nitro benzene ring substituents is 1. The monoisotopic (exact) mass is 639 g/mol. The molecule has 12 nitrogen and oxygen atoms in total. The Hall–Kier alpha value is -4.29. The van der Waals surface area contributed by atoms with E-state index in [1.165, 1.54) is 18.2 Å². The molecule has 1 aliphatic heterocycles. The number of nitro groups is 1. The van der Waals surface area contributed by atoms with Crippen molar-refractivity contribution >= 4 is 23.3 Å². The molecular weight excluding hydrogens is 594 g/mol. The van der Waals surface area contributed by atoms with E-state index in [1.807, 2.05) is 30.3 Å². The number of hydrogen-bond donors (Lipinski definition) is 2.